The van der Waals surface area contributed by atoms with Crippen LogP contribution in [0.4, 0.5) is 4.79 Å². The molecule has 0 aliphatic carbocycles. The second kappa shape index (κ2) is 3.67. The van der Waals surface area contributed by atoms with Crippen molar-refractivity contribution in [2.75, 3.05) is 6.61 Å². The molecule has 74 valence electrons. The van der Waals surface area contributed by atoms with Crippen LogP contribution in [0, 0.1) is 6.92 Å². The minimum atomic E-state index is -0.537. The second-order valence-corrected chi connectivity index (χ2v) is 3.16. The first-order valence-electron chi connectivity index (χ1n) is 4.41. The molecule has 1 aromatic rings. The number of nitrogens with one attached hydrogen (secondary N) is 1. The molecule has 1 aromatic carbocycles. The van der Waals surface area contributed by atoms with Crippen LogP contribution < -0.4 is 5.48 Å². The van der Waals surface area contributed by atoms with Crippen molar-refractivity contribution < 1.29 is 14.4 Å². The molecule has 1 aliphatic rings. The van der Waals surface area contributed by atoms with E-state index in [-0.39, 0.29) is 6.10 Å². The van der Waals surface area contributed by atoms with Gasteiger partial charge in [-0.15, -0.1) is 0 Å². The van der Waals surface area contributed by atoms with E-state index in [0.29, 0.717) is 6.61 Å². The Balaban J connectivity index is 2.22. The molecule has 1 N–H and O–H groups in total. The molecule has 1 heterocycles. The number of cyclic esters (lactones) is 1. The molecule has 4 nitrogen and oxygen atoms in total. The number of carbonyl (C=O) groups excluding carboxylic acids is 1. The fourth-order valence-corrected chi connectivity index (χ4v) is 1.46. The third kappa shape index (κ3) is 1.70. The summed E-state index contributed by atoms with van der Waals surface area (Å²) in [6.07, 6.45) is -0.838. The third-order valence-corrected chi connectivity index (χ3v) is 2.17. The highest BCUT2D eigenvalue weighted by molar-refractivity contribution is 5.66. The van der Waals surface area contributed by atoms with Crippen LogP contribution in [0.1, 0.15) is 17.2 Å². The molecule has 1 aliphatic heterocycles. The van der Waals surface area contributed by atoms with Crippen LogP contribution in [-0.2, 0) is 9.57 Å². The van der Waals surface area contributed by atoms with Gasteiger partial charge in [-0.1, -0.05) is 24.3 Å². The zero-order valence-electron chi connectivity index (χ0n) is 7.82. The molecule has 0 bridgehead atoms. The first-order valence-corrected chi connectivity index (χ1v) is 4.41. The van der Waals surface area contributed by atoms with Crippen molar-refractivity contribution in [3.05, 3.63) is 35.4 Å². The SMILES string of the molecule is Cc1ccccc1C1CONC(=O)O1. The van der Waals surface area contributed by atoms with Crippen molar-refractivity contribution in [2.24, 2.45) is 0 Å². The molecule has 2 rings (SSSR count). The Hall–Kier alpha value is -1.55. The number of hydrogen-bond donors (Lipinski definition) is 1. The van der Waals surface area contributed by atoms with Crippen LogP contribution in [0.5, 0.6) is 0 Å². The van der Waals surface area contributed by atoms with Gasteiger partial charge in [0.2, 0.25) is 0 Å². The van der Waals surface area contributed by atoms with Gasteiger partial charge in [0, 0.05) is 0 Å². The van der Waals surface area contributed by atoms with E-state index in [1.54, 1.807) is 0 Å². The van der Waals surface area contributed by atoms with E-state index in [1.807, 2.05) is 31.2 Å². The molecule has 0 aromatic heterocycles. The Morgan fingerprint density at radius 3 is 2.93 bits per heavy atom. The summed E-state index contributed by atoms with van der Waals surface area (Å²) in [5.74, 6) is 0. The topological polar surface area (TPSA) is 47.6 Å². The normalized spacial score (nSPS) is 21.2. The standard InChI is InChI=1S/C10H11NO3/c1-7-4-2-3-5-8(7)9-6-13-11-10(12)14-9/h2-5,9H,6H2,1H3,(H,11,12). The predicted molar refractivity (Wildman–Crippen MR) is 49.5 cm³/mol. The highest BCUT2D eigenvalue weighted by Gasteiger charge is 2.23. The molecule has 1 unspecified atom stereocenters. The highest BCUT2D eigenvalue weighted by atomic mass is 16.7. The van der Waals surface area contributed by atoms with Gasteiger partial charge in [-0.3, -0.25) is 4.84 Å². The number of ether oxygens (including phenoxy) is 1. The summed E-state index contributed by atoms with van der Waals surface area (Å²) in [6, 6.07) is 7.77. The van der Waals surface area contributed by atoms with E-state index in [0.717, 1.165) is 11.1 Å². The van der Waals surface area contributed by atoms with Gasteiger partial charge in [0.25, 0.3) is 0 Å². The molecule has 14 heavy (non-hydrogen) atoms. The molecule has 1 fully saturated rings. The first-order chi connectivity index (χ1) is 6.77. The molecule has 0 radical (unpaired) electrons. The number of rotatable bonds is 1. The highest BCUT2D eigenvalue weighted by Crippen LogP contribution is 2.22. The maximum atomic E-state index is 10.9. The minimum Gasteiger partial charge on any atom is -0.437 e. The van der Waals surface area contributed by atoms with Gasteiger partial charge in [-0.2, -0.15) is 5.48 Å². The molecule has 0 saturated carbocycles. The maximum Gasteiger partial charge on any atom is 0.432 e. The summed E-state index contributed by atoms with van der Waals surface area (Å²) < 4.78 is 5.08. The molecular weight excluding hydrogens is 182 g/mol. The van der Waals surface area contributed by atoms with Crippen molar-refractivity contribution in [1.82, 2.24) is 5.48 Å². The lowest BCUT2D eigenvalue weighted by atomic mass is 10.0. The van der Waals surface area contributed by atoms with Crippen LogP contribution in [0.3, 0.4) is 0 Å². The number of amides is 1. The summed E-state index contributed by atoms with van der Waals surface area (Å²) >= 11 is 0. The van der Waals surface area contributed by atoms with Gasteiger partial charge in [0.1, 0.15) is 6.61 Å². The molecule has 1 amide bonds. The zero-order valence-corrected chi connectivity index (χ0v) is 7.82. The Morgan fingerprint density at radius 2 is 2.21 bits per heavy atom. The first kappa shape index (κ1) is 9.02. The van der Waals surface area contributed by atoms with Crippen molar-refractivity contribution in [3.8, 4) is 0 Å². The van der Waals surface area contributed by atoms with Crippen molar-refractivity contribution in [3.63, 3.8) is 0 Å². The van der Waals surface area contributed by atoms with Crippen LogP contribution in [0.25, 0.3) is 0 Å². The number of benzene rings is 1. The largest absolute Gasteiger partial charge is 0.437 e. The van der Waals surface area contributed by atoms with Crippen molar-refractivity contribution in [1.29, 1.82) is 0 Å². The van der Waals surface area contributed by atoms with Gasteiger partial charge in [-0.25, -0.2) is 4.79 Å². The van der Waals surface area contributed by atoms with Crippen LogP contribution in [0.2, 0.25) is 0 Å². The van der Waals surface area contributed by atoms with E-state index >= 15 is 0 Å². The summed E-state index contributed by atoms with van der Waals surface area (Å²) in [4.78, 5) is 15.8. The number of aryl methyl sites for hydroxylation is 1. The Bertz CT molecular complexity index is 351. The monoisotopic (exact) mass is 193 g/mol. The van der Waals surface area contributed by atoms with E-state index in [4.69, 9.17) is 9.57 Å². The minimum absolute atomic E-state index is 0.301. The van der Waals surface area contributed by atoms with Crippen LogP contribution in [0.15, 0.2) is 24.3 Å². The summed E-state index contributed by atoms with van der Waals surface area (Å²) in [6.45, 7) is 2.32. The molecular formula is C10H11NO3. The summed E-state index contributed by atoms with van der Waals surface area (Å²) in [5, 5.41) is 0. The summed E-state index contributed by atoms with van der Waals surface area (Å²) in [5.41, 5.74) is 4.22. The van der Waals surface area contributed by atoms with Gasteiger partial charge < -0.3 is 4.74 Å². The van der Waals surface area contributed by atoms with Crippen LogP contribution in [-0.4, -0.2) is 12.7 Å². The second-order valence-electron chi connectivity index (χ2n) is 3.16. The number of hydroxylamine groups is 1. The average Bonchev–Trinajstić information content (AvgIpc) is 2.18. The molecule has 1 saturated heterocycles. The van der Waals surface area contributed by atoms with Crippen molar-refractivity contribution in [2.45, 2.75) is 13.0 Å². The quantitative estimate of drug-likeness (QED) is 0.738. The summed E-state index contributed by atoms with van der Waals surface area (Å²) in [7, 11) is 0. The predicted octanol–water partition coefficient (Wildman–Crippen LogP) is 1.71. The fourth-order valence-electron chi connectivity index (χ4n) is 1.46. The molecule has 1 atom stereocenters. The van der Waals surface area contributed by atoms with Crippen molar-refractivity contribution >= 4 is 6.09 Å². The Labute approximate surface area is 81.8 Å². The van der Waals surface area contributed by atoms with E-state index < -0.39 is 6.09 Å². The Kier molecular flexibility index (Phi) is 2.37. The fraction of sp³-hybridized carbons (Fsp3) is 0.300. The van der Waals surface area contributed by atoms with Gasteiger partial charge in [0.15, 0.2) is 6.10 Å². The average molecular weight is 193 g/mol. The number of carbonyl (C=O) groups is 1. The van der Waals surface area contributed by atoms with Gasteiger partial charge in [-0.05, 0) is 18.1 Å². The van der Waals surface area contributed by atoms with E-state index in [9.17, 15) is 4.79 Å². The van der Waals surface area contributed by atoms with Crippen LogP contribution >= 0.6 is 0 Å². The van der Waals surface area contributed by atoms with Gasteiger partial charge >= 0.3 is 6.09 Å². The van der Waals surface area contributed by atoms with Gasteiger partial charge in [0.05, 0.1) is 0 Å². The maximum absolute atomic E-state index is 10.9. The smallest absolute Gasteiger partial charge is 0.432 e. The lowest BCUT2D eigenvalue weighted by Gasteiger charge is -2.24. The lowest BCUT2D eigenvalue weighted by Crippen LogP contribution is -2.35. The van der Waals surface area contributed by atoms with E-state index in [1.165, 1.54) is 0 Å². The van der Waals surface area contributed by atoms with E-state index in [2.05, 4.69) is 5.48 Å². The molecule has 4 heteroatoms. The lowest BCUT2D eigenvalue weighted by molar-refractivity contribution is -0.0745. The third-order valence-electron chi connectivity index (χ3n) is 2.17. The Morgan fingerprint density at radius 1 is 1.43 bits per heavy atom. The molecule has 0 spiro atoms. The number of hydrogen-bond acceptors (Lipinski definition) is 3. The zero-order chi connectivity index (χ0) is 9.97.